The molecule has 0 saturated heterocycles. The molecule has 0 aliphatic rings. The van der Waals surface area contributed by atoms with Crippen LogP contribution in [-0.4, -0.2) is 17.0 Å². The Labute approximate surface area is 176 Å². The highest BCUT2D eigenvalue weighted by atomic mass is 127. The van der Waals surface area contributed by atoms with Crippen molar-refractivity contribution in [1.82, 2.24) is 0 Å². The second-order valence-corrected chi connectivity index (χ2v) is 8.21. The summed E-state index contributed by atoms with van der Waals surface area (Å²) < 4.78 is 0.851. The number of hydrogen-bond donors (Lipinski definition) is 2. The Morgan fingerprint density at radius 3 is 2.42 bits per heavy atom. The molecule has 0 spiro atoms. The van der Waals surface area contributed by atoms with Crippen molar-refractivity contribution in [3.8, 4) is 11.1 Å². The van der Waals surface area contributed by atoms with Gasteiger partial charge in [0, 0.05) is 19.5 Å². The molecule has 26 heavy (non-hydrogen) atoms. The molecule has 1 heterocycles. The van der Waals surface area contributed by atoms with E-state index in [1.807, 2.05) is 0 Å². The molecule has 0 atom stereocenters. The number of anilines is 1. The smallest absolute Gasteiger partial charge is 0.339 e. The zero-order valence-corrected chi connectivity index (χ0v) is 17.4. The maximum atomic E-state index is 12.5. The van der Waals surface area contributed by atoms with E-state index in [0.29, 0.717) is 21.2 Å². The number of rotatable bonds is 4. The minimum Gasteiger partial charge on any atom is -0.478 e. The largest absolute Gasteiger partial charge is 0.478 e. The molecule has 132 valence electrons. The first-order chi connectivity index (χ1) is 12.4. The van der Waals surface area contributed by atoms with Gasteiger partial charge in [-0.3, -0.25) is 4.79 Å². The van der Waals surface area contributed by atoms with Gasteiger partial charge in [0.1, 0.15) is 10.6 Å². The van der Waals surface area contributed by atoms with E-state index in [2.05, 4.69) is 27.9 Å². The lowest BCUT2D eigenvalue weighted by atomic mass is 10.0. The lowest BCUT2D eigenvalue weighted by Gasteiger charge is -2.08. The predicted molar refractivity (Wildman–Crippen MR) is 114 cm³/mol. The standard InChI is InChI=1S/C18H10Cl2INO3S/c19-10-3-1-9(2-4-10)13-8-26-17(15(13)18(24)25)22-16(23)12-7-11(21)5-6-14(12)20/h1-8H,(H,22,23)(H,24,25). The monoisotopic (exact) mass is 517 g/mol. The highest BCUT2D eigenvalue weighted by molar-refractivity contribution is 14.1. The van der Waals surface area contributed by atoms with E-state index < -0.39 is 11.9 Å². The first-order valence-corrected chi connectivity index (χ1v) is 9.95. The van der Waals surface area contributed by atoms with Crippen LogP contribution in [0.5, 0.6) is 0 Å². The summed E-state index contributed by atoms with van der Waals surface area (Å²) >= 11 is 15.2. The fraction of sp³-hybridized carbons (Fsp3) is 0. The van der Waals surface area contributed by atoms with E-state index in [4.69, 9.17) is 23.2 Å². The second kappa shape index (κ2) is 7.96. The third kappa shape index (κ3) is 4.03. The van der Waals surface area contributed by atoms with Crippen LogP contribution in [-0.2, 0) is 0 Å². The van der Waals surface area contributed by atoms with Gasteiger partial charge in [-0.2, -0.15) is 0 Å². The van der Waals surface area contributed by atoms with Crippen LogP contribution < -0.4 is 5.32 Å². The summed E-state index contributed by atoms with van der Waals surface area (Å²) in [6.07, 6.45) is 0. The molecule has 0 unspecified atom stereocenters. The highest BCUT2D eigenvalue weighted by Crippen LogP contribution is 2.36. The van der Waals surface area contributed by atoms with Crippen LogP contribution >= 0.6 is 57.1 Å². The van der Waals surface area contributed by atoms with Gasteiger partial charge in [-0.15, -0.1) is 11.3 Å². The van der Waals surface area contributed by atoms with Crippen molar-refractivity contribution in [3.05, 3.63) is 72.6 Å². The number of carbonyl (C=O) groups is 2. The van der Waals surface area contributed by atoms with Crippen molar-refractivity contribution < 1.29 is 14.7 Å². The Morgan fingerprint density at radius 1 is 1.08 bits per heavy atom. The summed E-state index contributed by atoms with van der Waals surface area (Å²) in [6, 6.07) is 11.9. The van der Waals surface area contributed by atoms with Crippen molar-refractivity contribution in [2.75, 3.05) is 5.32 Å². The van der Waals surface area contributed by atoms with E-state index in [1.54, 1.807) is 47.8 Å². The molecule has 0 bridgehead atoms. The molecule has 2 N–H and O–H groups in total. The molecule has 3 aromatic rings. The average molecular weight is 518 g/mol. The minimum absolute atomic E-state index is 0.0347. The third-order valence-corrected chi connectivity index (χ3v) is 5.71. The van der Waals surface area contributed by atoms with Gasteiger partial charge in [0.05, 0.1) is 10.6 Å². The zero-order valence-electron chi connectivity index (χ0n) is 12.9. The number of benzene rings is 2. The third-order valence-electron chi connectivity index (χ3n) is 3.56. The fourth-order valence-electron chi connectivity index (χ4n) is 2.35. The van der Waals surface area contributed by atoms with Gasteiger partial charge in [0.15, 0.2) is 0 Å². The average Bonchev–Trinajstić information content (AvgIpc) is 3.01. The Hall–Kier alpha value is -1.61. The quantitative estimate of drug-likeness (QED) is 0.400. The number of carboxylic acids is 1. The van der Waals surface area contributed by atoms with Gasteiger partial charge in [0.25, 0.3) is 5.91 Å². The van der Waals surface area contributed by atoms with Crippen molar-refractivity contribution in [1.29, 1.82) is 0 Å². The molecule has 2 aromatic carbocycles. The highest BCUT2D eigenvalue weighted by Gasteiger charge is 2.22. The van der Waals surface area contributed by atoms with Crippen LogP contribution in [0.15, 0.2) is 47.8 Å². The van der Waals surface area contributed by atoms with Crippen LogP contribution in [0, 0.1) is 3.57 Å². The number of carbonyl (C=O) groups excluding carboxylic acids is 1. The molecule has 8 heteroatoms. The van der Waals surface area contributed by atoms with E-state index in [1.165, 1.54) is 0 Å². The van der Waals surface area contributed by atoms with Crippen LogP contribution in [0.25, 0.3) is 11.1 Å². The van der Waals surface area contributed by atoms with Gasteiger partial charge in [-0.05, 0) is 58.5 Å². The molecule has 4 nitrogen and oxygen atoms in total. The molecule has 0 aliphatic heterocycles. The fourth-order valence-corrected chi connectivity index (χ4v) is 4.12. The molecule has 1 aromatic heterocycles. The molecule has 3 rings (SSSR count). The van der Waals surface area contributed by atoms with Gasteiger partial charge in [-0.25, -0.2) is 4.79 Å². The number of hydrogen-bond acceptors (Lipinski definition) is 3. The van der Waals surface area contributed by atoms with Gasteiger partial charge < -0.3 is 10.4 Å². The van der Waals surface area contributed by atoms with E-state index in [9.17, 15) is 14.7 Å². The Bertz CT molecular complexity index is 1000. The van der Waals surface area contributed by atoms with Crippen LogP contribution in [0.2, 0.25) is 10.0 Å². The summed E-state index contributed by atoms with van der Waals surface area (Å²) in [7, 11) is 0. The Kier molecular flexibility index (Phi) is 5.86. The van der Waals surface area contributed by atoms with Crippen LogP contribution in [0.4, 0.5) is 5.00 Å². The molecule has 0 saturated carbocycles. The maximum absolute atomic E-state index is 12.5. The Balaban J connectivity index is 1.98. The van der Waals surface area contributed by atoms with Gasteiger partial charge in [0.2, 0.25) is 0 Å². The van der Waals surface area contributed by atoms with Crippen molar-refractivity contribution in [3.63, 3.8) is 0 Å². The first kappa shape index (κ1) is 19.2. The summed E-state index contributed by atoms with van der Waals surface area (Å²) in [5.41, 5.74) is 1.54. The molecule has 1 amide bonds. The van der Waals surface area contributed by atoms with Crippen molar-refractivity contribution >= 4 is 74.0 Å². The lowest BCUT2D eigenvalue weighted by Crippen LogP contribution is -2.14. The number of amides is 1. The van der Waals surface area contributed by atoms with Crippen molar-refractivity contribution in [2.24, 2.45) is 0 Å². The van der Waals surface area contributed by atoms with Gasteiger partial charge >= 0.3 is 5.97 Å². The predicted octanol–water partition coefficient (Wildman–Crippen LogP) is 6.28. The second-order valence-electron chi connectivity index (χ2n) is 5.24. The lowest BCUT2D eigenvalue weighted by molar-refractivity contribution is 0.0699. The SMILES string of the molecule is O=C(Nc1scc(-c2ccc(Cl)cc2)c1C(=O)O)c1cc(I)ccc1Cl. The maximum Gasteiger partial charge on any atom is 0.339 e. The molecule has 0 fully saturated rings. The minimum atomic E-state index is -1.12. The number of carboxylic acid groups (broad SMARTS) is 1. The summed E-state index contributed by atoms with van der Waals surface area (Å²) in [6.45, 7) is 0. The molecular weight excluding hydrogens is 508 g/mol. The van der Waals surface area contributed by atoms with E-state index in [0.717, 1.165) is 14.9 Å². The molecule has 0 aliphatic carbocycles. The topological polar surface area (TPSA) is 66.4 Å². The first-order valence-electron chi connectivity index (χ1n) is 7.24. The zero-order chi connectivity index (χ0) is 18.8. The van der Waals surface area contributed by atoms with Crippen LogP contribution in [0.1, 0.15) is 20.7 Å². The van der Waals surface area contributed by atoms with Crippen LogP contribution in [0.3, 0.4) is 0 Å². The number of halogens is 3. The normalized spacial score (nSPS) is 10.6. The summed E-state index contributed by atoms with van der Waals surface area (Å²) in [4.78, 5) is 24.3. The number of aromatic carboxylic acids is 1. The summed E-state index contributed by atoms with van der Waals surface area (Å²) in [5.74, 6) is -1.58. The Morgan fingerprint density at radius 2 is 1.77 bits per heavy atom. The van der Waals surface area contributed by atoms with E-state index in [-0.39, 0.29) is 16.1 Å². The number of nitrogens with one attached hydrogen (secondary N) is 1. The van der Waals surface area contributed by atoms with E-state index >= 15 is 0 Å². The molecular formula is C18H10Cl2INO3S. The van der Waals surface area contributed by atoms with Crippen molar-refractivity contribution in [2.45, 2.75) is 0 Å². The summed E-state index contributed by atoms with van der Waals surface area (Å²) in [5, 5.41) is 15.1. The van der Waals surface area contributed by atoms with Gasteiger partial charge in [-0.1, -0.05) is 35.3 Å². The number of thiophene rings is 1. The molecule has 0 radical (unpaired) electrons.